The van der Waals surface area contributed by atoms with Crippen molar-refractivity contribution in [2.75, 3.05) is 33.3 Å². The number of nitrogens with one attached hydrogen (secondary N) is 3. The van der Waals surface area contributed by atoms with Crippen molar-refractivity contribution in [3.8, 4) is 5.75 Å². The molecule has 1 saturated heterocycles. The van der Waals surface area contributed by atoms with Crippen LogP contribution in [0.4, 0.5) is 4.79 Å². The summed E-state index contributed by atoms with van der Waals surface area (Å²) >= 11 is 0. The maximum Gasteiger partial charge on any atom is 0.315 e. The lowest BCUT2D eigenvalue weighted by Crippen LogP contribution is -2.50. The summed E-state index contributed by atoms with van der Waals surface area (Å²) in [6.45, 7) is 2.67. The number of carbonyl (C=O) groups excluding carboxylic acids is 2. The van der Waals surface area contributed by atoms with Gasteiger partial charge in [-0.15, -0.1) is 0 Å². The highest BCUT2D eigenvalue weighted by atomic mass is 16.5. The van der Waals surface area contributed by atoms with Gasteiger partial charge in [-0.3, -0.25) is 9.69 Å². The number of carbonyl (C=O) groups is 2. The van der Waals surface area contributed by atoms with Crippen LogP contribution in [0.2, 0.25) is 0 Å². The van der Waals surface area contributed by atoms with Gasteiger partial charge in [-0.1, -0.05) is 18.2 Å². The molecule has 136 valence electrons. The molecule has 0 spiro atoms. The molecule has 3 rings (SSSR count). The summed E-state index contributed by atoms with van der Waals surface area (Å²) in [5, 5.41) is 8.77. The molecule has 2 heterocycles. The predicted molar refractivity (Wildman–Crippen MR) is 94.5 cm³/mol. The van der Waals surface area contributed by atoms with Crippen molar-refractivity contribution in [2.24, 2.45) is 0 Å². The van der Waals surface area contributed by atoms with Crippen LogP contribution in [0, 0.1) is 0 Å². The van der Waals surface area contributed by atoms with Gasteiger partial charge in [0.15, 0.2) is 0 Å². The molecule has 0 unspecified atom stereocenters. The zero-order chi connectivity index (χ0) is 17.6. The van der Waals surface area contributed by atoms with Gasteiger partial charge in [0.1, 0.15) is 5.75 Å². The molecule has 0 aliphatic carbocycles. The van der Waals surface area contributed by atoms with E-state index in [1.165, 1.54) is 0 Å². The molecule has 1 aromatic carbocycles. The number of piperidine rings is 1. The molecule has 0 bridgehead atoms. The molecule has 2 aliphatic heterocycles. The Balaban J connectivity index is 1.46. The van der Waals surface area contributed by atoms with E-state index < -0.39 is 0 Å². The minimum Gasteiger partial charge on any atom is -0.493 e. The molecule has 1 fully saturated rings. The summed E-state index contributed by atoms with van der Waals surface area (Å²) in [5.74, 6) is 0.879. The number of fused-ring (bicyclic) bond motifs is 1. The maximum atomic E-state index is 12.4. The maximum absolute atomic E-state index is 12.4. The summed E-state index contributed by atoms with van der Waals surface area (Å²) in [7, 11) is 1.65. The number of likely N-dealkylation sites (tertiary alicyclic amines) is 1. The third kappa shape index (κ3) is 4.63. The second kappa shape index (κ2) is 8.20. The number of para-hydroxylation sites is 1. The third-order valence-corrected chi connectivity index (χ3v) is 4.83. The van der Waals surface area contributed by atoms with Crippen LogP contribution in [0.3, 0.4) is 0 Å². The van der Waals surface area contributed by atoms with Crippen molar-refractivity contribution >= 4 is 11.9 Å². The zero-order valence-electron chi connectivity index (χ0n) is 14.6. The van der Waals surface area contributed by atoms with Crippen molar-refractivity contribution in [3.63, 3.8) is 0 Å². The van der Waals surface area contributed by atoms with Crippen LogP contribution in [0.1, 0.15) is 30.9 Å². The van der Waals surface area contributed by atoms with E-state index >= 15 is 0 Å². The topological polar surface area (TPSA) is 82.7 Å². The molecule has 7 nitrogen and oxygen atoms in total. The highest BCUT2D eigenvalue weighted by Gasteiger charge is 2.25. The van der Waals surface area contributed by atoms with Crippen molar-refractivity contribution < 1.29 is 14.3 Å². The molecule has 0 radical (unpaired) electrons. The van der Waals surface area contributed by atoms with Gasteiger partial charge in [-0.2, -0.15) is 0 Å². The largest absolute Gasteiger partial charge is 0.493 e. The van der Waals surface area contributed by atoms with E-state index in [1.807, 2.05) is 24.3 Å². The Morgan fingerprint density at radius 3 is 2.68 bits per heavy atom. The fraction of sp³-hybridized carbons (Fsp3) is 0.556. The quantitative estimate of drug-likeness (QED) is 0.760. The number of amides is 3. The molecule has 1 aromatic rings. The Kier molecular flexibility index (Phi) is 5.75. The molecule has 2 aliphatic rings. The van der Waals surface area contributed by atoms with Gasteiger partial charge in [-0.05, 0) is 18.9 Å². The number of likely N-dealkylation sites (N-methyl/N-ethyl adjacent to an activating group) is 1. The number of rotatable bonds is 4. The van der Waals surface area contributed by atoms with Crippen LogP contribution in [0.5, 0.6) is 5.75 Å². The molecule has 0 aromatic heterocycles. The van der Waals surface area contributed by atoms with Crippen molar-refractivity contribution in [1.29, 1.82) is 0 Å². The number of nitrogens with zero attached hydrogens (tertiary/aromatic N) is 1. The molecular formula is C18H26N4O3. The van der Waals surface area contributed by atoms with E-state index in [0.29, 0.717) is 13.2 Å². The lowest BCUT2D eigenvalue weighted by atomic mass is 10.0. The fourth-order valence-corrected chi connectivity index (χ4v) is 3.39. The monoisotopic (exact) mass is 346 g/mol. The molecule has 0 saturated carbocycles. The van der Waals surface area contributed by atoms with Crippen LogP contribution in [-0.2, 0) is 4.79 Å². The molecule has 25 heavy (non-hydrogen) atoms. The number of benzene rings is 1. The standard InChI is InChI=1S/C18H26N4O3/c1-19-17(23)12-22-9-6-13(7-10-22)20-18(24)21-15-8-11-25-16-5-3-2-4-14(15)16/h2-5,13,15H,6-12H2,1H3,(H,19,23)(H2,20,21,24)/t15-/m1/s1. The van der Waals surface area contributed by atoms with E-state index in [9.17, 15) is 9.59 Å². The van der Waals surface area contributed by atoms with Crippen LogP contribution in [0.25, 0.3) is 0 Å². The summed E-state index contributed by atoms with van der Waals surface area (Å²) in [6, 6.07) is 7.83. The van der Waals surface area contributed by atoms with Crippen LogP contribution in [-0.4, -0.2) is 56.2 Å². The molecular weight excluding hydrogens is 320 g/mol. The average molecular weight is 346 g/mol. The fourth-order valence-electron chi connectivity index (χ4n) is 3.39. The second-order valence-corrected chi connectivity index (χ2v) is 6.57. The molecule has 3 amide bonds. The van der Waals surface area contributed by atoms with Crippen molar-refractivity contribution in [1.82, 2.24) is 20.9 Å². The van der Waals surface area contributed by atoms with Crippen LogP contribution < -0.4 is 20.7 Å². The Bertz CT molecular complexity index is 614. The van der Waals surface area contributed by atoms with Gasteiger partial charge in [0, 0.05) is 38.2 Å². The number of hydrogen-bond acceptors (Lipinski definition) is 4. The molecule has 3 N–H and O–H groups in total. The van der Waals surface area contributed by atoms with Gasteiger partial charge in [0.05, 0.1) is 19.2 Å². The molecule has 1 atom stereocenters. The van der Waals surface area contributed by atoms with Crippen LogP contribution in [0.15, 0.2) is 24.3 Å². The predicted octanol–water partition coefficient (Wildman–Crippen LogP) is 1.02. The van der Waals surface area contributed by atoms with Crippen molar-refractivity contribution in [3.05, 3.63) is 29.8 Å². The second-order valence-electron chi connectivity index (χ2n) is 6.57. The van der Waals surface area contributed by atoms with E-state index in [4.69, 9.17) is 4.74 Å². The smallest absolute Gasteiger partial charge is 0.315 e. The van der Waals surface area contributed by atoms with Crippen LogP contribution >= 0.6 is 0 Å². The Labute approximate surface area is 148 Å². The minimum atomic E-state index is -0.133. The molecule has 7 heteroatoms. The minimum absolute atomic E-state index is 0.0155. The van der Waals surface area contributed by atoms with Gasteiger partial charge in [0.25, 0.3) is 0 Å². The first kappa shape index (κ1) is 17.5. The summed E-state index contributed by atoms with van der Waals surface area (Å²) in [5.41, 5.74) is 1.03. The van der Waals surface area contributed by atoms with Gasteiger partial charge in [0.2, 0.25) is 5.91 Å². The van der Waals surface area contributed by atoms with Gasteiger partial charge >= 0.3 is 6.03 Å². The highest BCUT2D eigenvalue weighted by molar-refractivity contribution is 5.77. The van der Waals surface area contributed by atoms with E-state index in [2.05, 4.69) is 20.9 Å². The number of urea groups is 1. The zero-order valence-corrected chi connectivity index (χ0v) is 14.6. The van der Waals surface area contributed by atoms with Gasteiger partial charge in [-0.25, -0.2) is 4.79 Å². The SMILES string of the molecule is CNC(=O)CN1CCC(NC(=O)N[C@@H]2CCOc3ccccc32)CC1. The number of ether oxygens (including phenoxy) is 1. The van der Waals surface area contributed by atoms with E-state index in [1.54, 1.807) is 7.05 Å². The first-order valence-corrected chi connectivity index (χ1v) is 8.87. The Morgan fingerprint density at radius 1 is 1.16 bits per heavy atom. The first-order chi connectivity index (χ1) is 12.2. The normalized spacial score (nSPS) is 20.9. The first-order valence-electron chi connectivity index (χ1n) is 8.87. The lowest BCUT2D eigenvalue weighted by Gasteiger charge is -2.32. The Hall–Kier alpha value is -2.28. The summed E-state index contributed by atoms with van der Waals surface area (Å²) in [6.07, 6.45) is 2.48. The lowest BCUT2D eigenvalue weighted by molar-refractivity contribution is -0.122. The van der Waals surface area contributed by atoms with Gasteiger partial charge < -0.3 is 20.7 Å². The number of hydrogen-bond donors (Lipinski definition) is 3. The average Bonchev–Trinajstić information content (AvgIpc) is 2.63. The third-order valence-electron chi connectivity index (χ3n) is 4.83. The highest BCUT2D eigenvalue weighted by Crippen LogP contribution is 2.31. The van der Waals surface area contributed by atoms with Crippen molar-refractivity contribution in [2.45, 2.75) is 31.3 Å². The van der Waals surface area contributed by atoms with E-state index in [0.717, 1.165) is 43.7 Å². The van der Waals surface area contributed by atoms with E-state index in [-0.39, 0.29) is 24.0 Å². The summed E-state index contributed by atoms with van der Waals surface area (Å²) in [4.78, 5) is 25.9. The Morgan fingerprint density at radius 2 is 1.92 bits per heavy atom. The summed E-state index contributed by atoms with van der Waals surface area (Å²) < 4.78 is 5.63.